The molecular formula is C17H24. The standard InChI is InChI=1S/C17H24/c1-6-9-14(7-2)15-10-12-16(13-11-15)17(4,5)8-3/h7,9-13H,2,6,8H2,1,3-5H3/b14-9+. The molecule has 0 N–H and O–H groups in total. The molecule has 0 saturated heterocycles. The summed E-state index contributed by atoms with van der Waals surface area (Å²) in [6.07, 6.45) is 6.35. The van der Waals surface area contributed by atoms with Gasteiger partial charge in [0.2, 0.25) is 0 Å². The van der Waals surface area contributed by atoms with E-state index in [9.17, 15) is 0 Å². The first-order valence-corrected chi connectivity index (χ1v) is 6.48. The highest BCUT2D eigenvalue weighted by Gasteiger charge is 2.17. The van der Waals surface area contributed by atoms with Gasteiger partial charge in [-0.25, -0.2) is 0 Å². The van der Waals surface area contributed by atoms with Crippen molar-refractivity contribution in [3.8, 4) is 0 Å². The Labute approximate surface area is 106 Å². The Kier molecular flexibility index (Phi) is 4.74. The molecule has 92 valence electrons. The summed E-state index contributed by atoms with van der Waals surface area (Å²) < 4.78 is 0. The van der Waals surface area contributed by atoms with Crippen molar-refractivity contribution in [1.29, 1.82) is 0 Å². The van der Waals surface area contributed by atoms with Crippen LogP contribution in [0.15, 0.2) is 43.0 Å². The van der Waals surface area contributed by atoms with Gasteiger partial charge in [-0.1, -0.05) is 70.7 Å². The molecular weight excluding hydrogens is 204 g/mol. The molecule has 0 heteroatoms. The van der Waals surface area contributed by atoms with E-state index in [4.69, 9.17) is 0 Å². The lowest BCUT2D eigenvalue weighted by Gasteiger charge is -2.23. The van der Waals surface area contributed by atoms with Crippen molar-refractivity contribution < 1.29 is 0 Å². The fourth-order valence-electron chi connectivity index (χ4n) is 1.86. The molecule has 1 aromatic rings. The highest BCUT2D eigenvalue weighted by molar-refractivity contribution is 5.73. The maximum absolute atomic E-state index is 3.88. The zero-order valence-corrected chi connectivity index (χ0v) is 11.6. The Bertz CT molecular complexity index is 391. The predicted octanol–water partition coefficient (Wildman–Crippen LogP) is 5.35. The van der Waals surface area contributed by atoms with Crippen molar-refractivity contribution in [2.24, 2.45) is 0 Å². The molecule has 17 heavy (non-hydrogen) atoms. The minimum Gasteiger partial charge on any atom is -0.0985 e. The van der Waals surface area contributed by atoms with Crippen molar-refractivity contribution in [2.75, 3.05) is 0 Å². The van der Waals surface area contributed by atoms with Crippen molar-refractivity contribution in [3.05, 3.63) is 54.1 Å². The molecule has 0 aliphatic rings. The van der Waals surface area contributed by atoms with E-state index >= 15 is 0 Å². The Hall–Kier alpha value is -1.30. The van der Waals surface area contributed by atoms with Gasteiger partial charge in [-0.05, 0) is 35.0 Å². The van der Waals surface area contributed by atoms with Gasteiger partial charge in [-0.15, -0.1) is 0 Å². The average molecular weight is 228 g/mol. The van der Waals surface area contributed by atoms with Gasteiger partial charge in [-0.3, -0.25) is 0 Å². The quantitative estimate of drug-likeness (QED) is 0.596. The average Bonchev–Trinajstić information content (AvgIpc) is 2.36. The lowest BCUT2D eigenvalue weighted by Crippen LogP contribution is -2.15. The fraction of sp³-hybridized carbons (Fsp3) is 0.412. The normalized spacial score (nSPS) is 12.6. The zero-order valence-electron chi connectivity index (χ0n) is 11.6. The first kappa shape index (κ1) is 13.8. The van der Waals surface area contributed by atoms with Gasteiger partial charge in [0.1, 0.15) is 0 Å². The molecule has 0 amide bonds. The molecule has 1 aromatic carbocycles. The van der Waals surface area contributed by atoms with Crippen LogP contribution in [0.3, 0.4) is 0 Å². The highest BCUT2D eigenvalue weighted by Crippen LogP contribution is 2.28. The third kappa shape index (κ3) is 3.33. The molecule has 0 spiro atoms. The Balaban J connectivity index is 3.03. The van der Waals surface area contributed by atoms with E-state index in [-0.39, 0.29) is 5.41 Å². The van der Waals surface area contributed by atoms with E-state index in [1.54, 1.807) is 0 Å². The first-order valence-electron chi connectivity index (χ1n) is 6.48. The van der Waals surface area contributed by atoms with Gasteiger partial charge in [-0.2, -0.15) is 0 Å². The third-order valence-corrected chi connectivity index (χ3v) is 3.53. The molecule has 0 saturated carbocycles. The van der Waals surface area contributed by atoms with Gasteiger partial charge >= 0.3 is 0 Å². The summed E-state index contributed by atoms with van der Waals surface area (Å²) in [7, 11) is 0. The lowest BCUT2D eigenvalue weighted by atomic mass is 9.82. The maximum Gasteiger partial charge on any atom is -0.0106 e. The summed E-state index contributed by atoms with van der Waals surface area (Å²) in [5.74, 6) is 0. The van der Waals surface area contributed by atoms with Crippen molar-refractivity contribution in [3.63, 3.8) is 0 Å². The van der Waals surface area contributed by atoms with Crippen LogP contribution in [-0.4, -0.2) is 0 Å². The third-order valence-electron chi connectivity index (χ3n) is 3.53. The summed E-state index contributed by atoms with van der Waals surface area (Å²) in [6.45, 7) is 12.8. The second-order valence-corrected chi connectivity index (χ2v) is 5.09. The lowest BCUT2D eigenvalue weighted by molar-refractivity contribution is 0.506. The molecule has 0 unspecified atom stereocenters. The van der Waals surface area contributed by atoms with Crippen LogP contribution < -0.4 is 0 Å². The number of benzene rings is 1. The van der Waals surface area contributed by atoms with Crippen LogP contribution in [0, 0.1) is 0 Å². The molecule has 0 atom stereocenters. The van der Waals surface area contributed by atoms with Crippen LogP contribution in [0.2, 0.25) is 0 Å². The Morgan fingerprint density at radius 2 is 1.76 bits per heavy atom. The molecule has 0 aliphatic heterocycles. The minimum atomic E-state index is 0.265. The van der Waals surface area contributed by atoms with E-state index in [0.717, 1.165) is 12.8 Å². The largest absolute Gasteiger partial charge is 0.0985 e. The summed E-state index contributed by atoms with van der Waals surface area (Å²) in [5, 5.41) is 0. The van der Waals surface area contributed by atoms with Gasteiger partial charge < -0.3 is 0 Å². The molecule has 0 aromatic heterocycles. The molecule has 0 aliphatic carbocycles. The van der Waals surface area contributed by atoms with E-state index in [1.807, 2.05) is 6.08 Å². The van der Waals surface area contributed by atoms with Crippen LogP contribution >= 0.6 is 0 Å². The number of hydrogen-bond donors (Lipinski definition) is 0. The van der Waals surface area contributed by atoms with Crippen molar-refractivity contribution in [2.45, 2.75) is 46.0 Å². The molecule has 0 nitrogen and oxygen atoms in total. The van der Waals surface area contributed by atoms with Gasteiger partial charge in [0.15, 0.2) is 0 Å². The topological polar surface area (TPSA) is 0 Å². The number of hydrogen-bond acceptors (Lipinski definition) is 0. The second kappa shape index (κ2) is 5.86. The molecule has 0 radical (unpaired) electrons. The van der Waals surface area contributed by atoms with Crippen LogP contribution in [-0.2, 0) is 5.41 Å². The van der Waals surface area contributed by atoms with Gasteiger partial charge in [0.25, 0.3) is 0 Å². The number of allylic oxidation sites excluding steroid dienone is 3. The molecule has 0 bridgehead atoms. The second-order valence-electron chi connectivity index (χ2n) is 5.09. The minimum absolute atomic E-state index is 0.265. The smallest absolute Gasteiger partial charge is 0.0106 e. The van der Waals surface area contributed by atoms with Crippen LogP contribution in [0.4, 0.5) is 0 Å². The van der Waals surface area contributed by atoms with Crippen molar-refractivity contribution in [1.82, 2.24) is 0 Å². The number of rotatable bonds is 5. The maximum atomic E-state index is 3.88. The first-order chi connectivity index (χ1) is 8.05. The van der Waals surface area contributed by atoms with Gasteiger partial charge in [0, 0.05) is 0 Å². The molecule has 1 rings (SSSR count). The molecule has 0 fully saturated rings. The van der Waals surface area contributed by atoms with Crippen LogP contribution in [0.25, 0.3) is 5.57 Å². The van der Waals surface area contributed by atoms with E-state index in [0.29, 0.717) is 0 Å². The predicted molar refractivity (Wildman–Crippen MR) is 78.2 cm³/mol. The fourth-order valence-corrected chi connectivity index (χ4v) is 1.86. The summed E-state index contributed by atoms with van der Waals surface area (Å²) in [4.78, 5) is 0. The van der Waals surface area contributed by atoms with Crippen LogP contribution in [0.5, 0.6) is 0 Å². The van der Waals surface area contributed by atoms with Crippen LogP contribution in [0.1, 0.15) is 51.7 Å². The van der Waals surface area contributed by atoms with Crippen molar-refractivity contribution >= 4 is 5.57 Å². The van der Waals surface area contributed by atoms with E-state index in [1.165, 1.54) is 16.7 Å². The van der Waals surface area contributed by atoms with Gasteiger partial charge in [0.05, 0.1) is 0 Å². The summed E-state index contributed by atoms with van der Waals surface area (Å²) in [5.41, 5.74) is 4.16. The molecule has 0 heterocycles. The SMILES string of the molecule is C=C/C(=C\CC)c1ccc(C(C)(C)CC)cc1. The monoisotopic (exact) mass is 228 g/mol. The Morgan fingerprint density at radius 3 is 2.18 bits per heavy atom. The zero-order chi connectivity index (χ0) is 12.9. The highest BCUT2D eigenvalue weighted by atomic mass is 14.2. The van der Waals surface area contributed by atoms with E-state index < -0.39 is 0 Å². The van der Waals surface area contributed by atoms with E-state index in [2.05, 4.69) is 64.6 Å². The summed E-state index contributed by atoms with van der Waals surface area (Å²) >= 11 is 0. The Morgan fingerprint density at radius 1 is 1.18 bits per heavy atom. The summed E-state index contributed by atoms with van der Waals surface area (Å²) in [6, 6.07) is 8.89.